The summed E-state index contributed by atoms with van der Waals surface area (Å²) in [6.07, 6.45) is 13.9. The molecule has 2 saturated carbocycles. The predicted octanol–water partition coefficient (Wildman–Crippen LogP) is 6.61. The van der Waals surface area contributed by atoms with Gasteiger partial charge in [-0.15, -0.1) is 0 Å². The summed E-state index contributed by atoms with van der Waals surface area (Å²) in [5.41, 5.74) is 2.07. The average Bonchev–Trinajstić information content (AvgIpc) is 2.71. The van der Waals surface area contributed by atoms with Crippen LogP contribution in [-0.4, -0.2) is 29.5 Å². The molecule has 0 atom stereocenters. The molecule has 156 valence electrons. The van der Waals surface area contributed by atoms with Crippen molar-refractivity contribution in [3.05, 3.63) is 28.3 Å². The molecule has 3 nitrogen and oxygen atoms in total. The van der Waals surface area contributed by atoms with E-state index in [-0.39, 0.29) is 0 Å². The average molecular weight is 406 g/mol. The van der Waals surface area contributed by atoms with Gasteiger partial charge in [-0.1, -0.05) is 50.1 Å². The summed E-state index contributed by atoms with van der Waals surface area (Å²) < 4.78 is 5.91. The van der Waals surface area contributed by atoms with Gasteiger partial charge in [0.05, 0.1) is 6.61 Å². The normalized spacial score (nSPS) is 18.8. The van der Waals surface area contributed by atoms with Crippen LogP contribution >= 0.6 is 11.6 Å². The van der Waals surface area contributed by atoms with Crippen LogP contribution in [0.25, 0.3) is 0 Å². The number of amides is 1. The maximum atomic E-state index is 13.2. The van der Waals surface area contributed by atoms with Gasteiger partial charge in [-0.25, -0.2) is 0 Å². The Hall–Kier alpha value is -1.22. The monoisotopic (exact) mass is 405 g/mol. The Balaban J connectivity index is 1.53. The van der Waals surface area contributed by atoms with Crippen molar-refractivity contribution in [3.8, 4) is 5.75 Å². The highest BCUT2D eigenvalue weighted by molar-refractivity contribution is 6.32. The maximum absolute atomic E-state index is 13.2. The Labute approximate surface area is 175 Å². The van der Waals surface area contributed by atoms with Crippen LogP contribution in [0.5, 0.6) is 5.75 Å². The van der Waals surface area contributed by atoms with E-state index in [9.17, 15) is 4.79 Å². The SMILES string of the molecule is Cc1cc(OCCCC(=O)N(C2CCCCC2)C2CCCCC2)cc(C)c1Cl. The van der Waals surface area contributed by atoms with E-state index in [0.717, 1.165) is 28.3 Å². The van der Waals surface area contributed by atoms with E-state index in [0.29, 0.717) is 31.0 Å². The van der Waals surface area contributed by atoms with Gasteiger partial charge < -0.3 is 9.64 Å². The van der Waals surface area contributed by atoms with Crippen molar-refractivity contribution >= 4 is 17.5 Å². The maximum Gasteiger partial charge on any atom is 0.223 e. The first-order chi connectivity index (χ1) is 13.6. The van der Waals surface area contributed by atoms with Gasteiger partial charge in [-0.3, -0.25) is 4.79 Å². The van der Waals surface area contributed by atoms with Crippen molar-refractivity contribution in [3.63, 3.8) is 0 Å². The van der Waals surface area contributed by atoms with Gasteiger partial charge in [-0.2, -0.15) is 0 Å². The van der Waals surface area contributed by atoms with E-state index in [4.69, 9.17) is 16.3 Å². The van der Waals surface area contributed by atoms with Crippen LogP contribution in [0, 0.1) is 13.8 Å². The van der Waals surface area contributed by atoms with Gasteiger partial charge in [0.15, 0.2) is 0 Å². The second kappa shape index (κ2) is 10.5. The van der Waals surface area contributed by atoms with E-state index in [1.165, 1.54) is 64.2 Å². The number of nitrogens with zero attached hydrogens (tertiary/aromatic N) is 1. The molecular formula is C24H36ClNO2. The van der Waals surface area contributed by atoms with Crippen LogP contribution in [-0.2, 0) is 4.79 Å². The molecule has 0 radical (unpaired) electrons. The van der Waals surface area contributed by atoms with Crippen molar-refractivity contribution in [2.45, 2.75) is 103 Å². The van der Waals surface area contributed by atoms with Crippen molar-refractivity contribution in [1.82, 2.24) is 4.90 Å². The quantitative estimate of drug-likeness (QED) is 0.477. The van der Waals surface area contributed by atoms with E-state index >= 15 is 0 Å². The summed E-state index contributed by atoms with van der Waals surface area (Å²) >= 11 is 6.23. The number of carbonyl (C=O) groups is 1. The van der Waals surface area contributed by atoms with E-state index in [1.54, 1.807) is 0 Å². The molecule has 0 heterocycles. The standard InChI is InChI=1S/C24H36ClNO2/c1-18-16-22(17-19(2)24(18)25)28-15-9-14-23(27)26(20-10-5-3-6-11-20)21-12-7-4-8-13-21/h16-17,20-21H,3-15H2,1-2H3. The van der Waals surface area contributed by atoms with E-state index < -0.39 is 0 Å². The lowest BCUT2D eigenvalue weighted by Crippen LogP contribution is -2.48. The van der Waals surface area contributed by atoms with Crippen LogP contribution in [0.3, 0.4) is 0 Å². The van der Waals surface area contributed by atoms with Crippen molar-refractivity contribution in [1.29, 1.82) is 0 Å². The number of hydrogen-bond donors (Lipinski definition) is 0. The molecule has 4 heteroatoms. The van der Waals surface area contributed by atoms with Gasteiger partial charge in [0.25, 0.3) is 0 Å². The lowest BCUT2D eigenvalue weighted by molar-refractivity contribution is -0.138. The second-order valence-electron chi connectivity index (χ2n) is 8.71. The first-order valence-corrected chi connectivity index (χ1v) is 11.6. The number of hydrogen-bond acceptors (Lipinski definition) is 2. The molecule has 0 saturated heterocycles. The molecule has 2 aliphatic carbocycles. The van der Waals surface area contributed by atoms with Crippen molar-refractivity contribution < 1.29 is 9.53 Å². The Morgan fingerprint density at radius 2 is 1.46 bits per heavy atom. The molecule has 0 unspecified atom stereocenters. The summed E-state index contributed by atoms with van der Waals surface area (Å²) in [5.74, 6) is 1.20. The molecule has 0 spiro atoms. The van der Waals surface area contributed by atoms with Crippen molar-refractivity contribution in [2.75, 3.05) is 6.61 Å². The second-order valence-corrected chi connectivity index (χ2v) is 9.09. The third-order valence-electron chi connectivity index (χ3n) is 6.44. The molecule has 2 fully saturated rings. The highest BCUT2D eigenvalue weighted by Crippen LogP contribution is 2.31. The molecule has 0 aliphatic heterocycles. The smallest absolute Gasteiger partial charge is 0.223 e. The minimum Gasteiger partial charge on any atom is -0.494 e. The molecule has 2 aliphatic rings. The zero-order chi connectivity index (χ0) is 19.9. The molecule has 0 N–H and O–H groups in total. The lowest BCUT2D eigenvalue weighted by Gasteiger charge is -2.42. The van der Waals surface area contributed by atoms with Gasteiger partial charge in [0, 0.05) is 23.5 Å². The highest BCUT2D eigenvalue weighted by atomic mass is 35.5. The lowest BCUT2D eigenvalue weighted by atomic mass is 9.88. The third-order valence-corrected chi connectivity index (χ3v) is 7.03. The Morgan fingerprint density at radius 3 is 1.96 bits per heavy atom. The van der Waals surface area contributed by atoms with E-state index in [1.807, 2.05) is 26.0 Å². The van der Waals surface area contributed by atoms with E-state index in [2.05, 4.69) is 4.90 Å². The summed E-state index contributed by atoms with van der Waals surface area (Å²) in [4.78, 5) is 15.5. The minimum atomic E-state index is 0.353. The topological polar surface area (TPSA) is 29.5 Å². The fourth-order valence-corrected chi connectivity index (χ4v) is 5.06. The molecule has 0 aromatic heterocycles. The van der Waals surface area contributed by atoms with Gasteiger partial charge in [0.1, 0.15) is 5.75 Å². The molecule has 0 bridgehead atoms. The number of halogens is 1. The molecular weight excluding hydrogens is 370 g/mol. The highest BCUT2D eigenvalue weighted by Gasteiger charge is 2.31. The Morgan fingerprint density at radius 1 is 0.964 bits per heavy atom. The van der Waals surface area contributed by atoms with Crippen LogP contribution in [0.4, 0.5) is 0 Å². The largest absolute Gasteiger partial charge is 0.494 e. The fraction of sp³-hybridized carbons (Fsp3) is 0.708. The first kappa shape index (κ1) is 21.5. The molecule has 3 rings (SSSR count). The van der Waals surface area contributed by atoms with Crippen LogP contribution in [0.1, 0.15) is 88.2 Å². The van der Waals surface area contributed by atoms with Crippen molar-refractivity contribution in [2.24, 2.45) is 0 Å². The number of carbonyl (C=O) groups excluding carboxylic acids is 1. The number of ether oxygens (including phenoxy) is 1. The summed E-state index contributed by atoms with van der Waals surface area (Å²) in [7, 11) is 0. The first-order valence-electron chi connectivity index (χ1n) is 11.3. The molecule has 1 aromatic carbocycles. The van der Waals surface area contributed by atoms with Gasteiger partial charge >= 0.3 is 0 Å². The number of benzene rings is 1. The third kappa shape index (κ3) is 5.65. The molecule has 1 amide bonds. The fourth-order valence-electron chi connectivity index (χ4n) is 4.96. The summed E-state index contributed by atoms with van der Waals surface area (Å²) in [6.45, 7) is 4.57. The summed E-state index contributed by atoms with van der Waals surface area (Å²) in [5, 5.41) is 0.804. The Kier molecular flexibility index (Phi) is 8.08. The molecule has 1 aromatic rings. The van der Waals surface area contributed by atoms with Gasteiger partial charge in [-0.05, 0) is 69.2 Å². The number of aryl methyl sites for hydroxylation is 2. The van der Waals surface area contributed by atoms with Gasteiger partial charge in [0.2, 0.25) is 5.91 Å². The summed E-state index contributed by atoms with van der Waals surface area (Å²) in [6, 6.07) is 4.92. The predicted molar refractivity (Wildman–Crippen MR) is 116 cm³/mol. The van der Waals surface area contributed by atoms with Crippen LogP contribution < -0.4 is 4.74 Å². The molecule has 28 heavy (non-hydrogen) atoms. The zero-order valence-electron chi connectivity index (χ0n) is 17.6. The van der Waals surface area contributed by atoms with Crippen LogP contribution in [0.15, 0.2) is 12.1 Å². The van der Waals surface area contributed by atoms with Crippen LogP contribution in [0.2, 0.25) is 5.02 Å². The minimum absolute atomic E-state index is 0.353. The Bertz CT molecular complexity index is 607. The zero-order valence-corrected chi connectivity index (χ0v) is 18.4. The number of rotatable bonds is 7.